The second-order valence-corrected chi connectivity index (χ2v) is 6.21. The van der Waals surface area contributed by atoms with Gasteiger partial charge in [0.1, 0.15) is 5.76 Å². The topological polar surface area (TPSA) is 38.1 Å². The second-order valence-electron chi connectivity index (χ2n) is 4.69. The number of nitrogens with one attached hydrogen (secondary N) is 1. The van der Waals surface area contributed by atoms with Gasteiger partial charge in [-0.1, -0.05) is 24.9 Å². The first kappa shape index (κ1) is 13.0. The predicted octanol–water partition coefficient (Wildman–Crippen LogP) is 3.14. The number of thioether (sulfide) groups is 1. The summed E-state index contributed by atoms with van der Waals surface area (Å²) in [5.74, 6) is 2.11. The fourth-order valence-electron chi connectivity index (χ4n) is 2.48. The monoisotopic (exact) mass is 254 g/mol. The first-order chi connectivity index (χ1) is 8.29. The van der Waals surface area contributed by atoms with Gasteiger partial charge in [-0.05, 0) is 25.5 Å². The molecule has 17 heavy (non-hydrogen) atoms. The molecule has 1 fully saturated rings. The third-order valence-electron chi connectivity index (χ3n) is 3.31. The van der Waals surface area contributed by atoms with Crippen molar-refractivity contribution in [1.82, 2.24) is 10.5 Å². The van der Waals surface area contributed by atoms with Crippen LogP contribution in [0, 0.1) is 6.92 Å². The van der Waals surface area contributed by atoms with Gasteiger partial charge in [-0.3, -0.25) is 0 Å². The first-order valence-corrected chi connectivity index (χ1v) is 7.61. The first-order valence-electron chi connectivity index (χ1n) is 6.56. The summed E-state index contributed by atoms with van der Waals surface area (Å²) in [6.45, 7) is 5.02. The molecular weight excluding hydrogens is 232 g/mol. The third kappa shape index (κ3) is 3.75. The standard InChI is InChI=1S/C13H22N2OS/c1-3-17-13-7-5-4-6-12(13)14-9-11-8-10(2)16-15-11/h8,12-14H,3-7,9H2,1-2H3/t12-,13-/m1/s1. The lowest BCUT2D eigenvalue weighted by atomic mass is 9.95. The van der Waals surface area contributed by atoms with Crippen molar-refractivity contribution < 1.29 is 4.52 Å². The van der Waals surface area contributed by atoms with Gasteiger partial charge in [0.05, 0.1) is 5.69 Å². The van der Waals surface area contributed by atoms with Crippen molar-refractivity contribution in [3.8, 4) is 0 Å². The molecule has 2 rings (SSSR count). The fraction of sp³-hybridized carbons (Fsp3) is 0.769. The van der Waals surface area contributed by atoms with E-state index in [0.717, 1.165) is 23.2 Å². The highest BCUT2D eigenvalue weighted by Gasteiger charge is 2.24. The molecule has 1 heterocycles. The van der Waals surface area contributed by atoms with E-state index in [2.05, 4.69) is 29.2 Å². The molecule has 0 radical (unpaired) electrons. The van der Waals surface area contributed by atoms with E-state index < -0.39 is 0 Å². The average molecular weight is 254 g/mol. The molecule has 1 aromatic heterocycles. The highest BCUT2D eigenvalue weighted by molar-refractivity contribution is 7.99. The van der Waals surface area contributed by atoms with Crippen molar-refractivity contribution in [3.63, 3.8) is 0 Å². The SMILES string of the molecule is CCS[C@@H]1CCCC[C@H]1NCc1cc(C)on1. The minimum atomic E-state index is 0.644. The minimum absolute atomic E-state index is 0.644. The third-order valence-corrected chi connectivity index (χ3v) is 4.63. The van der Waals surface area contributed by atoms with Crippen LogP contribution in [-0.2, 0) is 6.54 Å². The number of hydrogen-bond acceptors (Lipinski definition) is 4. The zero-order valence-corrected chi connectivity index (χ0v) is 11.6. The molecule has 1 saturated carbocycles. The summed E-state index contributed by atoms with van der Waals surface area (Å²) in [5, 5.41) is 8.45. The lowest BCUT2D eigenvalue weighted by Crippen LogP contribution is -2.40. The molecule has 0 unspecified atom stereocenters. The van der Waals surface area contributed by atoms with E-state index in [4.69, 9.17) is 4.52 Å². The van der Waals surface area contributed by atoms with E-state index in [1.165, 1.54) is 31.4 Å². The van der Waals surface area contributed by atoms with Crippen LogP contribution >= 0.6 is 11.8 Å². The van der Waals surface area contributed by atoms with Crippen LogP contribution < -0.4 is 5.32 Å². The van der Waals surface area contributed by atoms with Crippen molar-refractivity contribution in [2.24, 2.45) is 0 Å². The van der Waals surface area contributed by atoms with Gasteiger partial charge in [-0.25, -0.2) is 0 Å². The molecule has 4 heteroatoms. The largest absolute Gasteiger partial charge is 0.361 e. The van der Waals surface area contributed by atoms with Gasteiger partial charge in [-0.2, -0.15) is 11.8 Å². The number of aryl methyl sites for hydroxylation is 1. The molecule has 1 N–H and O–H groups in total. The van der Waals surface area contributed by atoms with Gasteiger partial charge in [0, 0.05) is 23.9 Å². The van der Waals surface area contributed by atoms with Gasteiger partial charge in [0.25, 0.3) is 0 Å². The number of hydrogen-bond donors (Lipinski definition) is 1. The summed E-state index contributed by atoms with van der Waals surface area (Å²) in [6.07, 6.45) is 5.40. The summed E-state index contributed by atoms with van der Waals surface area (Å²) in [4.78, 5) is 0. The van der Waals surface area contributed by atoms with Crippen molar-refractivity contribution in [2.45, 2.75) is 57.4 Å². The van der Waals surface area contributed by atoms with E-state index in [1.54, 1.807) is 0 Å². The Balaban J connectivity index is 1.83. The fourth-order valence-corrected chi connectivity index (χ4v) is 3.71. The van der Waals surface area contributed by atoms with E-state index in [9.17, 15) is 0 Å². The van der Waals surface area contributed by atoms with Crippen molar-refractivity contribution in [3.05, 3.63) is 17.5 Å². The van der Waals surface area contributed by atoms with Crippen LogP contribution in [0.25, 0.3) is 0 Å². The van der Waals surface area contributed by atoms with E-state index in [-0.39, 0.29) is 0 Å². The van der Waals surface area contributed by atoms with Crippen LogP contribution in [-0.4, -0.2) is 22.2 Å². The molecule has 0 spiro atoms. The molecule has 96 valence electrons. The summed E-state index contributed by atoms with van der Waals surface area (Å²) in [6, 6.07) is 2.66. The van der Waals surface area contributed by atoms with Gasteiger partial charge in [-0.15, -0.1) is 0 Å². The van der Waals surface area contributed by atoms with E-state index >= 15 is 0 Å². The molecule has 0 saturated heterocycles. The Morgan fingerprint density at radius 3 is 3.00 bits per heavy atom. The Bertz CT molecular complexity index is 338. The maximum Gasteiger partial charge on any atom is 0.133 e. The molecule has 0 aromatic carbocycles. The predicted molar refractivity (Wildman–Crippen MR) is 72.3 cm³/mol. The Morgan fingerprint density at radius 2 is 2.29 bits per heavy atom. The van der Waals surface area contributed by atoms with Crippen LogP contribution in [0.5, 0.6) is 0 Å². The van der Waals surface area contributed by atoms with Crippen LogP contribution in [0.15, 0.2) is 10.6 Å². The van der Waals surface area contributed by atoms with Gasteiger partial charge in [0.15, 0.2) is 0 Å². The average Bonchev–Trinajstić information content (AvgIpc) is 2.74. The van der Waals surface area contributed by atoms with Crippen molar-refractivity contribution >= 4 is 11.8 Å². The number of nitrogens with zero attached hydrogens (tertiary/aromatic N) is 1. The molecule has 1 aliphatic rings. The Kier molecular flexibility index (Phi) is 4.92. The van der Waals surface area contributed by atoms with Crippen molar-refractivity contribution in [1.29, 1.82) is 0 Å². The normalized spacial score (nSPS) is 25.1. The molecule has 0 bridgehead atoms. The summed E-state index contributed by atoms with van der Waals surface area (Å²) in [7, 11) is 0. The van der Waals surface area contributed by atoms with E-state index in [1.807, 2.05) is 13.0 Å². The lowest BCUT2D eigenvalue weighted by Gasteiger charge is -2.31. The smallest absolute Gasteiger partial charge is 0.133 e. The molecule has 1 aliphatic carbocycles. The highest BCUT2D eigenvalue weighted by atomic mass is 32.2. The molecule has 0 aliphatic heterocycles. The molecule has 3 nitrogen and oxygen atoms in total. The van der Waals surface area contributed by atoms with Crippen molar-refractivity contribution in [2.75, 3.05) is 5.75 Å². The minimum Gasteiger partial charge on any atom is -0.361 e. The number of rotatable bonds is 5. The van der Waals surface area contributed by atoms with Crippen LogP contribution in [0.2, 0.25) is 0 Å². The van der Waals surface area contributed by atoms with Gasteiger partial charge >= 0.3 is 0 Å². The van der Waals surface area contributed by atoms with Crippen LogP contribution in [0.1, 0.15) is 44.1 Å². The Hall–Kier alpha value is -0.480. The Morgan fingerprint density at radius 1 is 1.47 bits per heavy atom. The molecule has 0 amide bonds. The van der Waals surface area contributed by atoms with E-state index in [0.29, 0.717) is 6.04 Å². The van der Waals surface area contributed by atoms with Gasteiger partial charge < -0.3 is 9.84 Å². The highest BCUT2D eigenvalue weighted by Crippen LogP contribution is 2.28. The summed E-state index contributed by atoms with van der Waals surface area (Å²) < 4.78 is 5.08. The maximum absolute atomic E-state index is 5.08. The lowest BCUT2D eigenvalue weighted by molar-refractivity contribution is 0.364. The zero-order chi connectivity index (χ0) is 12.1. The maximum atomic E-state index is 5.08. The molecule has 1 aromatic rings. The molecular formula is C13H22N2OS. The zero-order valence-electron chi connectivity index (χ0n) is 10.7. The van der Waals surface area contributed by atoms with Crippen LogP contribution in [0.3, 0.4) is 0 Å². The Labute approximate surface area is 108 Å². The second kappa shape index (κ2) is 6.45. The quantitative estimate of drug-likeness (QED) is 0.876. The van der Waals surface area contributed by atoms with Gasteiger partial charge in [0.2, 0.25) is 0 Å². The summed E-state index contributed by atoms with van der Waals surface area (Å²) in [5.41, 5.74) is 1.02. The number of aromatic nitrogens is 1. The summed E-state index contributed by atoms with van der Waals surface area (Å²) >= 11 is 2.09. The van der Waals surface area contributed by atoms with Crippen LogP contribution in [0.4, 0.5) is 0 Å². The molecule has 2 atom stereocenters.